The molecule has 1 heterocycles. The van der Waals surface area contributed by atoms with Crippen LogP contribution in [0.4, 0.5) is 4.79 Å². The van der Waals surface area contributed by atoms with E-state index in [1.165, 1.54) is 0 Å². The van der Waals surface area contributed by atoms with Crippen molar-refractivity contribution in [1.29, 1.82) is 0 Å². The van der Waals surface area contributed by atoms with E-state index in [9.17, 15) is 4.79 Å². The molecule has 1 amide bonds. The second-order valence-electron chi connectivity index (χ2n) is 4.23. The number of hydrogen-bond acceptors (Lipinski definition) is 4. The van der Waals surface area contributed by atoms with Gasteiger partial charge >= 0.3 is 6.09 Å². The monoisotopic (exact) mass is 290 g/mol. The summed E-state index contributed by atoms with van der Waals surface area (Å²) < 4.78 is 7.37. The van der Waals surface area contributed by atoms with Gasteiger partial charge in [-0.15, -0.1) is 5.10 Å². The molecule has 1 rings (SSSR count). The number of nitrogens with one attached hydrogen (secondary N) is 1. The first-order valence-electron chi connectivity index (χ1n) is 4.89. The molecule has 0 saturated heterocycles. The normalized spacial score (nSPS) is 11.2. The second-order valence-corrected chi connectivity index (χ2v) is 5.05. The van der Waals surface area contributed by atoms with Gasteiger partial charge in [-0.05, 0) is 36.7 Å². The Hall–Kier alpha value is -1.11. The summed E-state index contributed by atoms with van der Waals surface area (Å²) >= 11 is 3.19. The zero-order chi connectivity index (χ0) is 12.2. The Labute approximate surface area is 102 Å². The van der Waals surface area contributed by atoms with Crippen LogP contribution in [-0.2, 0) is 11.3 Å². The van der Waals surface area contributed by atoms with Crippen LogP contribution >= 0.6 is 15.9 Å². The summed E-state index contributed by atoms with van der Waals surface area (Å²) in [4.78, 5) is 11.3. The van der Waals surface area contributed by atoms with Gasteiger partial charge in [-0.2, -0.15) is 0 Å². The number of amides is 1. The Morgan fingerprint density at radius 2 is 2.31 bits per heavy atom. The average Bonchev–Trinajstić information content (AvgIpc) is 2.48. The molecular formula is C9H15BrN4O2. The number of carbonyl (C=O) groups excluding carboxylic acids is 1. The van der Waals surface area contributed by atoms with Crippen LogP contribution in [0.15, 0.2) is 10.8 Å². The number of ether oxygens (including phenoxy) is 1. The van der Waals surface area contributed by atoms with Gasteiger partial charge in [-0.1, -0.05) is 5.21 Å². The lowest BCUT2D eigenvalue weighted by Gasteiger charge is -2.19. The van der Waals surface area contributed by atoms with Crippen LogP contribution in [0, 0.1) is 0 Å². The molecule has 0 bridgehead atoms. The summed E-state index contributed by atoms with van der Waals surface area (Å²) in [6, 6.07) is 0. The summed E-state index contributed by atoms with van der Waals surface area (Å²) in [5.41, 5.74) is -0.472. The molecule has 0 radical (unpaired) electrons. The van der Waals surface area contributed by atoms with E-state index < -0.39 is 11.7 Å². The van der Waals surface area contributed by atoms with Crippen LogP contribution in [0.25, 0.3) is 0 Å². The Kier molecular flexibility index (Phi) is 4.28. The fourth-order valence-corrected chi connectivity index (χ4v) is 1.28. The van der Waals surface area contributed by atoms with Crippen molar-refractivity contribution in [3.8, 4) is 0 Å². The highest BCUT2D eigenvalue weighted by molar-refractivity contribution is 9.10. The minimum atomic E-state index is -0.472. The first kappa shape index (κ1) is 13.0. The molecule has 0 unspecified atom stereocenters. The average molecular weight is 291 g/mol. The molecule has 0 fully saturated rings. The van der Waals surface area contributed by atoms with Crippen molar-refractivity contribution >= 4 is 22.0 Å². The van der Waals surface area contributed by atoms with Crippen LogP contribution in [0.5, 0.6) is 0 Å². The molecule has 0 aliphatic rings. The lowest BCUT2D eigenvalue weighted by molar-refractivity contribution is 0.0525. The third-order valence-corrected chi connectivity index (χ3v) is 1.88. The molecule has 0 aliphatic heterocycles. The molecule has 1 aromatic heterocycles. The molecule has 7 heteroatoms. The van der Waals surface area contributed by atoms with Crippen molar-refractivity contribution in [1.82, 2.24) is 20.3 Å². The Morgan fingerprint density at radius 1 is 1.62 bits per heavy atom. The molecule has 16 heavy (non-hydrogen) atoms. The van der Waals surface area contributed by atoms with Crippen LogP contribution in [0.1, 0.15) is 20.8 Å². The maximum atomic E-state index is 11.3. The smallest absolute Gasteiger partial charge is 0.407 e. The second kappa shape index (κ2) is 5.29. The van der Waals surface area contributed by atoms with E-state index in [2.05, 4.69) is 31.6 Å². The molecule has 1 aromatic rings. The van der Waals surface area contributed by atoms with E-state index in [1.54, 1.807) is 10.9 Å². The molecule has 1 N–H and O–H groups in total. The predicted octanol–water partition coefficient (Wildman–Crippen LogP) is 1.57. The lowest BCUT2D eigenvalue weighted by Crippen LogP contribution is -2.34. The minimum Gasteiger partial charge on any atom is -0.444 e. The Bertz CT molecular complexity index is 359. The topological polar surface area (TPSA) is 69.0 Å². The van der Waals surface area contributed by atoms with Gasteiger partial charge in [-0.3, -0.25) is 0 Å². The Morgan fingerprint density at radius 3 is 2.81 bits per heavy atom. The quantitative estimate of drug-likeness (QED) is 0.917. The number of carbonyl (C=O) groups is 1. The molecular weight excluding hydrogens is 276 g/mol. The van der Waals surface area contributed by atoms with Gasteiger partial charge < -0.3 is 10.1 Å². The highest BCUT2D eigenvalue weighted by atomic mass is 79.9. The number of aromatic nitrogens is 3. The number of halogens is 1. The maximum absolute atomic E-state index is 11.3. The Balaban J connectivity index is 2.23. The van der Waals surface area contributed by atoms with Gasteiger partial charge in [-0.25, -0.2) is 9.48 Å². The van der Waals surface area contributed by atoms with Crippen LogP contribution in [0.3, 0.4) is 0 Å². The van der Waals surface area contributed by atoms with Gasteiger partial charge in [0.1, 0.15) is 10.2 Å². The maximum Gasteiger partial charge on any atom is 0.407 e. The van der Waals surface area contributed by atoms with E-state index in [0.29, 0.717) is 17.7 Å². The van der Waals surface area contributed by atoms with Crippen LogP contribution in [0.2, 0.25) is 0 Å². The highest BCUT2D eigenvalue weighted by Crippen LogP contribution is 2.06. The van der Waals surface area contributed by atoms with Gasteiger partial charge in [0.2, 0.25) is 0 Å². The summed E-state index contributed by atoms with van der Waals surface area (Å²) in [6.45, 7) is 6.46. The molecule has 6 nitrogen and oxygen atoms in total. The number of nitrogens with zero attached hydrogens (tertiary/aromatic N) is 3. The zero-order valence-corrected chi connectivity index (χ0v) is 11.1. The molecule has 0 atom stereocenters. The molecule has 0 aromatic carbocycles. The van der Waals surface area contributed by atoms with Gasteiger partial charge in [0.25, 0.3) is 0 Å². The first-order valence-corrected chi connectivity index (χ1v) is 5.68. The SMILES string of the molecule is CC(C)(C)OC(=O)NCCn1cc(Br)nn1. The van der Waals surface area contributed by atoms with Crippen molar-refractivity contribution in [3.05, 3.63) is 10.8 Å². The fourth-order valence-electron chi connectivity index (χ4n) is 0.971. The number of rotatable bonds is 3. The van der Waals surface area contributed by atoms with Crippen molar-refractivity contribution in [2.45, 2.75) is 32.9 Å². The number of alkyl carbamates (subject to hydrolysis) is 1. The molecule has 90 valence electrons. The summed E-state index contributed by atoms with van der Waals surface area (Å²) in [5.74, 6) is 0. The van der Waals surface area contributed by atoms with Crippen molar-refractivity contribution < 1.29 is 9.53 Å². The predicted molar refractivity (Wildman–Crippen MR) is 62.0 cm³/mol. The largest absolute Gasteiger partial charge is 0.444 e. The minimum absolute atomic E-state index is 0.424. The number of hydrogen-bond donors (Lipinski definition) is 1. The van der Waals surface area contributed by atoms with Gasteiger partial charge in [0.15, 0.2) is 0 Å². The highest BCUT2D eigenvalue weighted by Gasteiger charge is 2.15. The first-order chi connectivity index (χ1) is 7.37. The molecule has 0 saturated carbocycles. The van der Waals surface area contributed by atoms with Gasteiger partial charge in [0.05, 0.1) is 12.7 Å². The fraction of sp³-hybridized carbons (Fsp3) is 0.667. The lowest BCUT2D eigenvalue weighted by atomic mass is 10.2. The van der Waals surface area contributed by atoms with Crippen molar-refractivity contribution in [2.75, 3.05) is 6.54 Å². The third kappa shape index (κ3) is 5.11. The van der Waals surface area contributed by atoms with Gasteiger partial charge in [0, 0.05) is 6.54 Å². The summed E-state index contributed by atoms with van der Waals surface area (Å²) in [5, 5.41) is 10.2. The van der Waals surface area contributed by atoms with E-state index in [0.717, 1.165) is 0 Å². The standard InChI is InChI=1S/C9H15BrN4O2/c1-9(2,3)16-8(15)11-4-5-14-6-7(10)12-13-14/h6H,4-5H2,1-3H3,(H,11,15). The van der Waals surface area contributed by atoms with E-state index in [-0.39, 0.29) is 0 Å². The summed E-state index contributed by atoms with van der Waals surface area (Å²) in [7, 11) is 0. The third-order valence-electron chi connectivity index (χ3n) is 1.52. The van der Waals surface area contributed by atoms with Crippen LogP contribution in [-0.4, -0.2) is 33.2 Å². The van der Waals surface area contributed by atoms with E-state index in [1.807, 2.05) is 20.8 Å². The van der Waals surface area contributed by atoms with E-state index >= 15 is 0 Å². The zero-order valence-electron chi connectivity index (χ0n) is 9.53. The molecule has 0 spiro atoms. The van der Waals surface area contributed by atoms with Crippen molar-refractivity contribution in [2.24, 2.45) is 0 Å². The van der Waals surface area contributed by atoms with Crippen molar-refractivity contribution in [3.63, 3.8) is 0 Å². The summed E-state index contributed by atoms with van der Waals surface area (Å²) in [6.07, 6.45) is 1.31. The van der Waals surface area contributed by atoms with E-state index in [4.69, 9.17) is 4.74 Å². The van der Waals surface area contributed by atoms with Crippen LogP contribution < -0.4 is 5.32 Å². The molecule has 0 aliphatic carbocycles.